The van der Waals surface area contributed by atoms with Gasteiger partial charge in [-0.15, -0.1) is 0 Å². The molecule has 2 amide bonds. The largest absolute Gasteiger partial charge is 0.495 e. The highest BCUT2D eigenvalue weighted by atomic mass is 31.2. The van der Waals surface area contributed by atoms with Gasteiger partial charge in [-0.25, -0.2) is 4.98 Å². The molecule has 374 valence electrons. The zero-order valence-electron chi connectivity index (χ0n) is 42.0. The molecule has 13 heteroatoms. The topological polar surface area (TPSA) is 138 Å². The second-order valence-corrected chi connectivity index (χ2v) is 22.0. The Hall–Kier alpha value is -8.70. The van der Waals surface area contributed by atoms with Crippen LogP contribution in [-0.4, -0.2) is 78.2 Å². The molecular formula is C62H58N8O4P+. The number of benzene rings is 7. The number of methoxy groups -OCH3 is 1. The number of oxazole rings is 1. The second-order valence-electron chi connectivity index (χ2n) is 18.3. The Morgan fingerprint density at radius 3 is 1.89 bits per heavy atom. The molecule has 3 heterocycles. The summed E-state index contributed by atoms with van der Waals surface area (Å²) >= 11 is 0. The van der Waals surface area contributed by atoms with Gasteiger partial charge in [0.05, 0.1) is 43.4 Å². The Bertz CT molecular complexity index is 3380. The van der Waals surface area contributed by atoms with Gasteiger partial charge in [-0.05, 0) is 126 Å². The normalized spacial score (nSPS) is 11.4. The summed E-state index contributed by atoms with van der Waals surface area (Å²) in [6.45, 7) is 3.39. The van der Waals surface area contributed by atoms with E-state index in [0.29, 0.717) is 60.2 Å². The number of nitrogens with one attached hydrogen (secondary N) is 3. The lowest BCUT2D eigenvalue weighted by Crippen LogP contribution is -2.37. The van der Waals surface area contributed by atoms with Crippen LogP contribution < -0.4 is 41.5 Å². The number of carbonyl (C=O) groups is 2. The second kappa shape index (κ2) is 23.4. The minimum Gasteiger partial charge on any atom is -0.495 e. The van der Waals surface area contributed by atoms with Crippen molar-refractivity contribution in [3.05, 3.63) is 230 Å². The quantitative estimate of drug-likeness (QED) is 0.0597. The summed E-state index contributed by atoms with van der Waals surface area (Å²) in [6, 6.07) is 67.1. The van der Waals surface area contributed by atoms with Crippen LogP contribution in [0.5, 0.6) is 5.75 Å². The van der Waals surface area contributed by atoms with Crippen molar-refractivity contribution in [1.82, 2.24) is 25.2 Å². The molecule has 0 aliphatic rings. The highest BCUT2D eigenvalue weighted by Gasteiger charge is 2.44. The van der Waals surface area contributed by atoms with Crippen molar-refractivity contribution < 1.29 is 18.7 Å². The number of rotatable bonds is 21. The molecule has 3 N–H and O–H groups in total. The van der Waals surface area contributed by atoms with Gasteiger partial charge < -0.3 is 30.0 Å². The molecule has 0 aliphatic carbocycles. The predicted octanol–water partition coefficient (Wildman–Crippen LogP) is 10.4. The fraction of sp³-hybridized carbons (Fsp3) is 0.145. The lowest BCUT2D eigenvalue weighted by atomic mass is 10.1. The van der Waals surface area contributed by atoms with Gasteiger partial charge in [0.1, 0.15) is 34.4 Å². The maximum absolute atomic E-state index is 13.8. The molecule has 3 aromatic heterocycles. The summed E-state index contributed by atoms with van der Waals surface area (Å²) in [4.78, 5) is 45.2. The first kappa shape index (κ1) is 49.9. The van der Waals surface area contributed by atoms with Crippen molar-refractivity contribution in [3.63, 3.8) is 0 Å². The molecule has 0 spiro atoms. The first-order valence-electron chi connectivity index (χ1n) is 25.0. The fourth-order valence-corrected chi connectivity index (χ4v) is 13.7. The van der Waals surface area contributed by atoms with Gasteiger partial charge in [0, 0.05) is 74.2 Å². The predicted molar refractivity (Wildman–Crippen MR) is 305 cm³/mol. The molecule has 0 saturated heterocycles. The number of fused-ring (bicyclic) bond motifs is 2. The third-order valence-corrected chi connectivity index (χ3v) is 17.8. The molecule has 0 aliphatic heterocycles. The lowest BCUT2D eigenvalue weighted by Gasteiger charge is -2.27. The van der Waals surface area contributed by atoms with E-state index in [9.17, 15) is 9.59 Å². The number of aromatic nitrogens is 3. The van der Waals surface area contributed by atoms with Gasteiger partial charge in [0.25, 0.3) is 5.91 Å². The maximum atomic E-state index is 13.8. The van der Waals surface area contributed by atoms with Crippen LogP contribution in [-0.2, 0) is 17.9 Å². The molecule has 0 bridgehead atoms. The van der Waals surface area contributed by atoms with E-state index in [1.807, 2.05) is 134 Å². The number of hydrogen-bond donors (Lipinski definition) is 3. The Balaban J connectivity index is 0.749. The lowest BCUT2D eigenvalue weighted by molar-refractivity contribution is -0.114. The van der Waals surface area contributed by atoms with Crippen molar-refractivity contribution >= 4 is 73.9 Å². The van der Waals surface area contributed by atoms with Gasteiger partial charge in [-0.2, -0.15) is 0 Å². The molecule has 10 aromatic rings. The van der Waals surface area contributed by atoms with E-state index in [0.717, 1.165) is 51.8 Å². The highest BCUT2D eigenvalue weighted by molar-refractivity contribution is 7.95. The number of amides is 2. The minimum atomic E-state index is -2.11. The molecule has 12 nitrogen and oxygen atoms in total. The molecule has 0 atom stereocenters. The van der Waals surface area contributed by atoms with Gasteiger partial charge in [0.15, 0.2) is 5.58 Å². The molecule has 75 heavy (non-hydrogen) atoms. The number of nitrogens with zero attached hydrogens (tertiary/aromatic N) is 5. The van der Waals surface area contributed by atoms with E-state index in [-0.39, 0.29) is 18.4 Å². The van der Waals surface area contributed by atoms with E-state index in [4.69, 9.17) is 14.1 Å². The van der Waals surface area contributed by atoms with Crippen molar-refractivity contribution in [3.8, 4) is 17.2 Å². The third kappa shape index (κ3) is 11.9. The van der Waals surface area contributed by atoms with Crippen LogP contribution in [0.4, 0.5) is 17.1 Å². The number of hydrogen-bond acceptors (Lipinski definition) is 10. The number of likely N-dealkylation sites (N-methyl/N-ethyl adjacent to an activating group) is 1. The zero-order chi connectivity index (χ0) is 51.4. The average Bonchev–Trinajstić information content (AvgIpc) is 3.90. The van der Waals surface area contributed by atoms with Crippen molar-refractivity contribution in [1.29, 1.82) is 0 Å². The first-order chi connectivity index (χ1) is 36.8. The minimum absolute atomic E-state index is 0.133. The number of ether oxygens (including phenoxy) is 1. The van der Waals surface area contributed by atoms with E-state index in [1.54, 1.807) is 19.2 Å². The smallest absolute Gasteiger partial charge is 0.251 e. The maximum Gasteiger partial charge on any atom is 0.251 e. The van der Waals surface area contributed by atoms with Crippen molar-refractivity contribution in [2.24, 2.45) is 0 Å². The fourth-order valence-electron chi connectivity index (χ4n) is 9.54. The summed E-state index contributed by atoms with van der Waals surface area (Å²) in [7, 11) is 1.42. The molecule has 10 rings (SSSR count). The number of anilines is 3. The van der Waals surface area contributed by atoms with Crippen LogP contribution in [0.1, 0.15) is 21.7 Å². The molecular weight excluding hydrogens is 952 g/mol. The van der Waals surface area contributed by atoms with Crippen molar-refractivity contribution in [2.45, 2.75) is 13.1 Å². The van der Waals surface area contributed by atoms with E-state index in [1.165, 1.54) is 15.9 Å². The van der Waals surface area contributed by atoms with E-state index in [2.05, 4.69) is 110 Å². The SMILES string of the molecule is COc1cc(NC(=O)CN(C)c2ccc3cc(-c4nc5ccc(C(=O)NCC[P+](c6ccccc6)(c6ccccc6)c6ccccc6)cc5o4)ccc3c2)ccc1NCCN(Cc1ccccn1)Cc1ccccn1. The monoisotopic (exact) mass is 1010 g/mol. The van der Waals surface area contributed by atoms with Crippen LogP contribution in [0, 0.1) is 0 Å². The third-order valence-electron chi connectivity index (χ3n) is 13.3. The Morgan fingerprint density at radius 2 is 1.27 bits per heavy atom. The number of pyridine rings is 2. The standard InChI is InChI=1S/C62H57N8O4P/c1-69(44-60(71)67-49-28-31-56(58(41-49)73-2)65-34-36-70(42-50-16-12-14-32-63-50)43-51-17-13-15-33-64-51)52-29-26-45-38-48(25-24-46(45)39-52)62-68-57-30-27-47(40-59(57)74-62)61(72)66-35-37-75(53-18-6-3-7-19-53,54-20-8-4-9-21-54)55-22-10-5-11-23-55/h3-33,38-41,65H,34-37,42-44H2,1-2H3,(H-,66,67,71,72)/p+1. The average molecular weight is 1010 g/mol. The summed E-state index contributed by atoms with van der Waals surface area (Å²) in [5.41, 5.74) is 6.86. The zero-order valence-corrected chi connectivity index (χ0v) is 42.9. The highest BCUT2D eigenvalue weighted by Crippen LogP contribution is 2.54. The Labute approximate surface area is 437 Å². The number of carbonyl (C=O) groups excluding carboxylic acids is 2. The van der Waals surface area contributed by atoms with Crippen LogP contribution in [0.3, 0.4) is 0 Å². The van der Waals surface area contributed by atoms with Crippen molar-refractivity contribution in [2.75, 3.05) is 62.0 Å². The summed E-state index contributed by atoms with van der Waals surface area (Å²) < 4.78 is 12.1. The van der Waals surface area contributed by atoms with Crippen LogP contribution in [0.2, 0.25) is 0 Å². The summed E-state index contributed by atoms with van der Waals surface area (Å²) in [5, 5.41) is 15.6. The van der Waals surface area contributed by atoms with Gasteiger partial charge in [-0.1, -0.05) is 78.9 Å². The Kier molecular flexibility index (Phi) is 15.6. The van der Waals surface area contributed by atoms with Crippen LogP contribution >= 0.6 is 7.26 Å². The van der Waals surface area contributed by atoms with Gasteiger partial charge in [-0.3, -0.25) is 24.5 Å². The first-order valence-corrected chi connectivity index (χ1v) is 27.0. The molecule has 7 aromatic carbocycles. The summed E-state index contributed by atoms with van der Waals surface area (Å²) in [5.74, 6) is 0.761. The van der Waals surface area contributed by atoms with Gasteiger partial charge in [0.2, 0.25) is 11.8 Å². The van der Waals surface area contributed by atoms with Crippen LogP contribution in [0.15, 0.2) is 217 Å². The molecule has 0 radical (unpaired) electrons. The molecule has 0 saturated carbocycles. The van der Waals surface area contributed by atoms with Crippen LogP contribution in [0.25, 0.3) is 33.3 Å². The molecule has 0 fully saturated rings. The van der Waals surface area contributed by atoms with E-state index < -0.39 is 7.26 Å². The van der Waals surface area contributed by atoms with Gasteiger partial charge >= 0.3 is 0 Å². The van der Waals surface area contributed by atoms with E-state index >= 15 is 0 Å². The molecule has 0 unspecified atom stereocenters. The Morgan fingerprint density at radius 1 is 0.640 bits per heavy atom. The summed E-state index contributed by atoms with van der Waals surface area (Å²) in [6.07, 6.45) is 4.39.